The number of sulfone groups is 1. The zero-order valence-corrected chi connectivity index (χ0v) is 12.3. The predicted molar refractivity (Wildman–Crippen MR) is 71.9 cm³/mol. The van der Waals surface area contributed by atoms with E-state index in [1.54, 1.807) is 6.92 Å². The molecule has 0 bridgehead atoms. The van der Waals surface area contributed by atoms with Crippen molar-refractivity contribution >= 4 is 9.84 Å². The van der Waals surface area contributed by atoms with Gasteiger partial charge < -0.3 is 10.4 Å². The highest BCUT2D eigenvalue weighted by Crippen LogP contribution is 2.14. The van der Waals surface area contributed by atoms with Crippen molar-refractivity contribution in [2.75, 3.05) is 18.9 Å². The third-order valence-electron chi connectivity index (χ3n) is 3.10. The Kier molecular flexibility index (Phi) is 8.00. The van der Waals surface area contributed by atoms with Crippen LogP contribution in [0.15, 0.2) is 0 Å². The van der Waals surface area contributed by atoms with E-state index in [4.69, 9.17) is 5.11 Å². The van der Waals surface area contributed by atoms with E-state index in [1.165, 1.54) is 0 Å². The van der Waals surface area contributed by atoms with Gasteiger partial charge in [-0.25, -0.2) is 8.42 Å². The number of hydrogen-bond donors (Lipinski definition) is 2. The summed E-state index contributed by atoms with van der Waals surface area (Å²) < 4.78 is 24.2. The van der Waals surface area contributed by atoms with Crippen LogP contribution < -0.4 is 5.32 Å². The van der Waals surface area contributed by atoms with Gasteiger partial charge >= 0.3 is 0 Å². The van der Waals surface area contributed by atoms with Crippen molar-refractivity contribution in [1.82, 2.24) is 5.32 Å². The average molecular weight is 265 g/mol. The molecule has 0 aliphatic carbocycles. The van der Waals surface area contributed by atoms with E-state index in [-0.39, 0.29) is 29.6 Å². The normalized spacial score (nSPS) is 16.1. The Bertz CT molecular complexity index is 288. The van der Waals surface area contributed by atoms with Gasteiger partial charge in [-0.15, -0.1) is 0 Å². The van der Waals surface area contributed by atoms with Gasteiger partial charge in [-0.2, -0.15) is 0 Å². The highest BCUT2D eigenvalue weighted by Gasteiger charge is 2.26. The Morgan fingerprint density at radius 3 is 2.24 bits per heavy atom. The molecular weight excluding hydrogens is 238 g/mol. The highest BCUT2D eigenvalue weighted by molar-refractivity contribution is 7.92. The molecule has 0 aliphatic heterocycles. The van der Waals surface area contributed by atoms with Gasteiger partial charge in [0.2, 0.25) is 0 Å². The van der Waals surface area contributed by atoms with Crippen molar-refractivity contribution in [2.45, 2.75) is 51.8 Å². The van der Waals surface area contributed by atoms with Gasteiger partial charge in [0.15, 0.2) is 9.84 Å². The van der Waals surface area contributed by atoms with Gasteiger partial charge in [-0.05, 0) is 32.2 Å². The molecule has 0 saturated heterocycles. The molecule has 0 fully saturated rings. The topological polar surface area (TPSA) is 66.4 Å². The van der Waals surface area contributed by atoms with E-state index in [9.17, 15) is 8.42 Å². The van der Waals surface area contributed by atoms with Crippen LogP contribution in [0.4, 0.5) is 0 Å². The summed E-state index contributed by atoms with van der Waals surface area (Å²) in [6, 6.07) is -0.133. The van der Waals surface area contributed by atoms with E-state index in [2.05, 4.69) is 5.32 Å². The van der Waals surface area contributed by atoms with E-state index in [0.717, 1.165) is 13.0 Å². The second kappa shape index (κ2) is 8.06. The summed E-state index contributed by atoms with van der Waals surface area (Å²) in [5, 5.41) is 11.8. The Balaban J connectivity index is 4.51. The molecule has 4 nitrogen and oxygen atoms in total. The lowest BCUT2D eigenvalue weighted by molar-refractivity contribution is 0.269. The van der Waals surface area contributed by atoms with E-state index in [1.807, 2.05) is 20.8 Å². The van der Waals surface area contributed by atoms with Gasteiger partial charge in [0.1, 0.15) is 0 Å². The van der Waals surface area contributed by atoms with Gasteiger partial charge in [0.25, 0.3) is 0 Å². The van der Waals surface area contributed by atoms with Crippen molar-refractivity contribution in [1.29, 1.82) is 0 Å². The Morgan fingerprint density at radius 2 is 1.82 bits per heavy atom. The molecule has 0 saturated carbocycles. The van der Waals surface area contributed by atoms with Crippen molar-refractivity contribution in [3.8, 4) is 0 Å². The summed E-state index contributed by atoms with van der Waals surface area (Å²) in [7, 11) is -3.08. The largest absolute Gasteiger partial charge is 0.396 e. The molecule has 0 aromatic carbocycles. The minimum absolute atomic E-state index is 0.0208. The minimum atomic E-state index is -3.08. The fraction of sp³-hybridized carbons (Fsp3) is 1.00. The average Bonchev–Trinajstić information content (AvgIpc) is 2.24. The summed E-state index contributed by atoms with van der Waals surface area (Å²) in [6.45, 7) is 8.44. The van der Waals surface area contributed by atoms with Crippen LogP contribution in [-0.2, 0) is 9.84 Å². The molecule has 0 heterocycles. The number of nitrogens with one attached hydrogen (secondary N) is 1. The van der Waals surface area contributed by atoms with Crippen molar-refractivity contribution < 1.29 is 13.5 Å². The first-order valence-corrected chi connectivity index (χ1v) is 8.12. The molecule has 0 aromatic heterocycles. The van der Waals surface area contributed by atoms with Crippen LogP contribution in [0.2, 0.25) is 0 Å². The fourth-order valence-corrected chi connectivity index (χ4v) is 3.57. The first-order valence-electron chi connectivity index (χ1n) is 6.41. The highest BCUT2D eigenvalue weighted by atomic mass is 32.2. The summed E-state index contributed by atoms with van der Waals surface area (Å²) in [5.74, 6) is 0.244. The number of aliphatic hydroxyl groups is 1. The smallest absolute Gasteiger partial charge is 0.154 e. The molecule has 0 spiro atoms. The Hall–Kier alpha value is -0.130. The van der Waals surface area contributed by atoms with Gasteiger partial charge in [-0.3, -0.25) is 0 Å². The van der Waals surface area contributed by atoms with Crippen molar-refractivity contribution in [3.63, 3.8) is 0 Å². The van der Waals surface area contributed by atoms with Gasteiger partial charge in [0, 0.05) is 12.6 Å². The van der Waals surface area contributed by atoms with Crippen LogP contribution in [0.5, 0.6) is 0 Å². The van der Waals surface area contributed by atoms with Crippen LogP contribution >= 0.6 is 0 Å². The Labute approximate surface area is 106 Å². The molecule has 104 valence electrons. The van der Waals surface area contributed by atoms with Crippen LogP contribution in [0.3, 0.4) is 0 Å². The second-order valence-corrected chi connectivity index (χ2v) is 7.34. The zero-order chi connectivity index (χ0) is 13.5. The lowest BCUT2D eigenvalue weighted by Crippen LogP contribution is -2.40. The first kappa shape index (κ1) is 16.9. The molecule has 0 amide bonds. The minimum Gasteiger partial charge on any atom is -0.396 e. The van der Waals surface area contributed by atoms with E-state index < -0.39 is 9.84 Å². The lowest BCUT2D eigenvalue weighted by Gasteiger charge is -2.22. The van der Waals surface area contributed by atoms with Crippen LogP contribution in [0.1, 0.15) is 40.5 Å². The van der Waals surface area contributed by atoms with Crippen LogP contribution in [-0.4, -0.2) is 43.7 Å². The third-order valence-corrected chi connectivity index (χ3v) is 5.64. The number of hydrogen-bond acceptors (Lipinski definition) is 4. The molecule has 5 heteroatoms. The summed E-state index contributed by atoms with van der Waals surface area (Å²) in [5.41, 5.74) is 0. The lowest BCUT2D eigenvalue weighted by atomic mass is 10.2. The van der Waals surface area contributed by atoms with E-state index >= 15 is 0 Å². The third kappa shape index (κ3) is 6.38. The zero-order valence-electron chi connectivity index (χ0n) is 11.4. The monoisotopic (exact) mass is 265 g/mol. The molecule has 0 aromatic rings. The quantitative estimate of drug-likeness (QED) is 0.657. The molecule has 0 aliphatic rings. The molecule has 2 N–H and O–H groups in total. The molecule has 2 unspecified atom stereocenters. The maximum Gasteiger partial charge on any atom is 0.154 e. The second-order valence-electron chi connectivity index (χ2n) is 4.94. The molecule has 0 radical (unpaired) electrons. The first-order chi connectivity index (χ1) is 7.85. The molecule has 0 rings (SSSR count). The van der Waals surface area contributed by atoms with Crippen molar-refractivity contribution in [3.05, 3.63) is 0 Å². The number of aliphatic hydroxyl groups excluding tert-OH is 1. The van der Waals surface area contributed by atoms with E-state index in [0.29, 0.717) is 6.42 Å². The predicted octanol–water partition coefficient (Wildman–Crippen LogP) is 1.20. The van der Waals surface area contributed by atoms with Crippen LogP contribution in [0.25, 0.3) is 0 Å². The summed E-state index contributed by atoms with van der Waals surface area (Å²) in [4.78, 5) is 0. The standard InChI is InChI=1S/C12H27NO3S/c1-5-7-13-12(6-8-14)9-17(15,16)11(4)10(2)3/h10-14H,5-9H2,1-4H3. The fourth-order valence-electron chi connectivity index (χ4n) is 1.60. The molecule has 17 heavy (non-hydrogen) atoms. The maximum atomic E-state index is 12.1. The van der Waals surface area contributed by atoms with Gasteiger partial charge in [0.05, 0.1) is 11.0 Å². The Morgan fingerprint density at radius 1 is 1.24 bits per heavy atom. The van der Waals surface area contributed by atoms with Crippen LogP contribution in [0, 0.1) is 5.92 Å². The van der Waals surface area contributed by atoms with Crippen molar-refractivity contribution in [2.24, 2.45) is 5.92 Å². The SMILES string of the molecule is CCCNC(CCO)CS(=O)(=O)C(C)C(C)C. The molecular formula is C12H27NO3S. The number of rotatable bonds is 9. The molecule has 2 atom stereocenters. The van der Waals surface area contributed by atoms with Gasteiger partial charge in [-0.1, -0.05) is 20.8 Å². The maximum absolute atomic E-state index is 12.1. The summed E-state index contributed by atoms with van der Waals surface area (Å²) >= 11 is 0. The summed E-state index contributed by atoms with van der Waals surface area (Å²) in [6.07, 6.45) is 1.45.